The summed E-state index contributed by atoms with van der Waals surface area (Å²) in [6.45, 7) is 5.40. The molecule has 3 aromatic rings. The molecule has 2 heterocycles. The lowest BCUT2D eigenvalue weighted by atomic mass is 10.1. The van der Waals surface area contributed by atoms with E-state index in [9.17, 15) is 9.59 Å². The van der Waals surface area contributed by atoms with Crippen LogP contribution >= 0.6 is 11.3 Å². The number of thiazole rings is 1. The zero-order valence-corrected chi connectivity index (χ0v) is 20.4. The molecule has 0 saturated carbocycles. The first kappa shape index (κ1) is 24.5. The van der Waals surface area contributed by atoms with Gasteiger partial charge in [-0.1, -0.05) is 23.5 Å². The van der Waals surface area contributed by atoms with E-state index in [1.807, 2.05) is 48.5 Å². The second kappa shape index (κ2) is 11.2. The number of amides is 2. The Kier molecular flexibility index (Phi) is 7.84. The normalized spacial score (nSPS) is 13.2. The molecule has 0 radical (unpaired) electrons. The van der Waals surface area contributed by atoms with Gasteiger partial charge in [0.05, 0.1) is 25.4 Å². The topological polar surface area (TPSA) is 113 Å². The molecule has 2 amide bonds. The van der Waals surface area contributed by atoms with E-state index in [-0.39, 0.29) is 31.1 Å². The van der Waals surface area contributed by atoms with Gasteiger partial charge in [0.1, 0.15) is 29.1 Å². The molecule has 4 rings (SSSR count). The average molecular weight is 497 g/mol. The average Bonchev–Trinajstić information content (AvgIpc) is 3.18. The van der Waals surface area contributed by atoms with E-state index in [0.717, 1.165) is 41.4 Å². The predicted molar refractivity (Wildman–Crippen MR) is 134 cm³/mol. The van der Waals surface area contributed by atoms with E-state index >= 15 is 0 Å². The number of carbonyl (C=O) groups is 2. The number of nitrogens with zero attached hydrogens (tertiary/aromatic N) is 2. The van der Waals surface area contributed by atoms with Crippen LogP contribution in [0.2, 0.25) is 0 Å². The van der Waals surface area contributed by atoms with Crippen molar-refractivity contribution >= 4 is 34.0 Å². The molecule has 1 aromatic heterocycles. The Labute approximate surface area is 207 Å². The fraction of sp³-hybridized carbons (Fsp3) is 0.320. The fourth-order valence-electron chi connectivity index (χ4n) is 3.59. The summed E-state index contributed by atoms with van der Waals surface area (Å²) in [7, 11) is 0. The Morgan fingerprint density at radius 1 is 1.11 bits per heavy atom. The Morgan fingerprint density at radius 2 is 1.80 bits per heavy atom. The zero-order valence-electron chi connectivity index (χ0n) is 19.6. The maximum Gasteiger partial charge on any atom is 0.263 e. The molecule has 10 heteroatoms. The number of aromatic nitrogens is 1. The molecule has 9 nitrogen and oxygen atoms in total. The van der Waals surface area contributed by atoms with Gasteiger partial charge in [0.2, 0.25) is 5.91 Å². The minimum absolute atomic E-state index is 0.0137. The lowest BCUT2D eigenvalue weighted by Gasteiger charge is -2.40. The summed E-state index contributed by atoms with van der Waals surface area (Å²) >= 11 is 1.16. The monoisotopic (exact) mass is 496 g/mol. The lowest BCUT2D eigenvalue weighted by Crippen LogP contribution is -2.54. The van der Waals surface area contributed by atoms with Crippen molar-refractivity contribution in [2.75, 3.05) is 36.5 Å². The van der Waals surface area contributed by atoms with Crippen LogP contribution in [0.4, 0.5) is 10.8 Å². The highest BCUT2D eigenvalue weighted by Crippen LogP contribution is 2.26. The molecule has 2 aromatic carbocycles. The van der Waals surface area contributed by atoms with E-state index in [1.54, 1.807) is 6.92 Å². The Hall–Kier alpha value is -3.63. The van der Waals surface area contributed by atoms with Crippen LogP contribution in [0.5, 0.6) is 11.5 Å². The quantitative estimate of drug-likeness (QED) is 0.396. The highest BCUT2D eigenvalue weighted by molar-refractivity contribution is 7.17. The summed E-state index contributed by atoms with van der Waals surface area (Å²) in [5, 5.41) is 14.8. The van der Waals surface area contributed by atoms with Crippen molar-refractivity contribution in [1.82, 2.24) is 10.3 Å². The molecule has 0 aliphatic carbocycles. The number of aliphatic hydroxyl groups excluding tert-OH is 1. The number of carbonyl (C=O) groups excluding carboxylic acids is 2. The van der Waals surface area contributed by atoms with E-state index in [0.29, 0.717) is 28.0 Å². The summed E-state index contributed by atoms with van der Waals surface area (Å²) in [6.07, 6.45) is 0.114. The predicted octanol–water partition coefficient (Wildman–Crippen LogP) is 2.98. The summed E-state index contributed by atoms with van der Waals surface area (Å²) in [6, 6.07) is 15.5. The van der Waals surface area contributed by atoms with Crippen LogP contribution in [-0.4, -0.2) is 54.3 Å². The molecule has 1 fully saturated rings. The Bertz CT molecular complexity index is 1160. The van der Waals surface area contributed by atoms with Crippen molar-refractivity contribution in [1.29, 1.82) is 0 Å². The first-order valence-electron chi connectivity index (χ1n) is 11.3. The van der Waals surface area contributed by atoms with E-state index in [2.05, 4.69) is 20.5 Å². The lowest BCUT2D eigenvalue weighted by molar-refractivity contribution is -0.114. The first-order chi connectivity index (χ1) is 16.9. The number of hydrogen-bond donors (Lipinski definition) is 3. The highest BCUT2D eigenvalue weighted by atomic mass is 32.1. The minimum atomic E-state index is -0.218. The summed E-state index contributed by atoms with van der Waals surface area (Å²) < 4.78 is 11.4. The number of nitrogens with one attached hydrogen (secondary N) is 2. The van der Waals surface area contributed by atoms with Gasteiger partial charge >= 0.3 is 0 Å². The molecular weight excluding hydrogens is 468 g/mol. The van der Waals surface area contributed by atoms with Crippen molar-refractivity contribution in [3.05, 3.63) is 64.7 Å². The van der Waals surface area contributed by atoms with Crippen LogP contribution in [0.15, 0.2) is 48.5 Å². The van der Waals surface area contributed by atoms with E-state index < -0.39 is 0 Å². The van der Waals surface area contributed by atoms with Crippen LogP contribution in [0.3, 0.4) is 0 Å². The molecule has 1 aliphatic rings. The molecule has 1 saturated heterocycles. The Balaban J connectivity index is 1.22. The largest absolute Gasteiger partial charge is 0.491 e. The molecule has 0 spiro atoms. The van der Waals surface area contributed by atoms with Crippen molar-refractivity contribution in [3.63, 3.8) is 0 Å². The fourth-order valence-corrected chi connectivity index (χ4v) is 4.52. The molecular formula is C25H28N4O5S. The maximum absolute atomic E-state index is 12.5. The second-order valence-electron chi connectivity index (χ2n) is 8.15. The van der Waals surface area contributed by atoms with Gasteiger partial charge < -0.3 is 30.1 Å². The third-order valence-electron chi connectivity index (χ3n) is 5.37. The SMILES string of the molecule is CC(=O)Nc1nc(C)c(C(=O)NCc2ccc(N3CC(Oc4ccc(OCCO)cc4)C3)cc2)s1. The van der Waals surface area contributed by atoms with Gasteiger partial charge in [-0.15, -0.1) is 0 Å². The highest BCUT2D eigenvalue weighted by Gasteiger charge is 2.28. The van der Waals surface area contributed by atoms with E-state index in [4.69, 9.17) is 14.6 Å². The van der Waals surface area contributed by atoms with Crippen molar-refractivity contribution < 1.29 is 24.2 Å². The number of rotatable bonds is 10. The van der Waals surface area contributed by atoms with Gasteiger partial charge in [0, 0.05) is 19.2 Å². The van der Waals surface area contributed by atoms with Gasteiger partial charge in [0.15, 0.2) is 5.13 Å². The van der Waals surface area contributed by atoms with Crippen LogP contribution < -0.4 is 25.0 Å². The number of hydrogen-bond acceptors (Lipinski definition) is 8. The molecule has 184 valence electrons. The van der Waals surface area contributed by atoms with Gasteiger partial charge in [-0.2, -0.15) is 0 Å². The van der Waals surface area contributed by atoms with Crippen molar-refractivity contribution in [2.45, 2.75) is 26.5 Å². The second-order valence-corrected chi connectivity index (χ2v) is 9.15. The molecule has 35 heavy (non-hydrogen) atoms. The van der Waals surface area contributed by atoms with Crippen LogP contribution in [-0.2, 0) is 11.3 Å². The molecule has 0 bridgehead atoms. The Morgan fingerprint density at radius 3 is 2.46 bits per heavy atom. The van der Waals surface area contributed by atoms with Gasteiger partial charge in [0.25, 0.3) is 5.91 Å². The van der Waals surface area contributed by atoms with Crippen molar-refractivity contribution in [2.24, 2.45) is 0 Å². The number of aryl methyl sites for hydroxylation is 1. The summed E-state index contributed by atoms with van der Waals surface area (Å²) in [5.41, 5.74) is 2.68. The number of benzene rings is 2. The van der Waals surface area contributed by atoms with Gasteiger partial charge in [-0.25, -0.2) is 4.98 Å². The standard InChI is InChI=1S/C25H28N4O5S/c1-16-23(35-25(27-16)28-17(2)31)24(32)26-13-18-3-5-19(6-4-18)29-14-22(15-29)34-21-9-7-20(8-10-21)33-12-11-30/h3-10,22,30H,11-15H2,1-2H3,(H,26,32)(H,27,28,31). The molecule has 3 N–H and O–H groups in total. The number of ether oxygens (including phenoxy) is 2. The molecule has 1 aliphatic heterocycles. The molecule has 0 unspecified atom stereocenters. The van der Waals surface area contributed by atoms with Crippen molar-refractivity contribution in [3.8, 4) is 11.5 Å². The minimum Gasteiger partial charge on any atom is -0.491 e. The van der Waals surface area contributed by atoms with Crippen LogP contribution in [0.1, 0.15) is 27.9 Å². The summed E-state index contributed by atoms with van der Waals surface area (Å²) in [5.74, 6) is 1.06. The van der Waals surface area contributed by atoms with Gasteiger partial charge in [-0.05, 0) is 48.9 Å². The third kappa shape index (κ3) is 6.49. The molecule has 0 atom stereocenters. The number of anilines is 2. The van der Waals surface area contributed by atoms with Crippen LogP contribution in [0, 0.1) is 6.92 Å². The van der Waals surface area contributed by atoms with Gasteiger partial charge in [-0.3, -0.25) is 9.59 Å². The smallest absolute Gasteiger partial charge is 0.263 e. The van der Waals surface area contributed by atoms with Crippen LogP contribution in [0.25, 0.3) is 0 Å². The first-order valence-corrected chi connectivity index (χ1v) is 12.1. The third-order valence-corrected chi connectivity index (χ3v) is 6.45. The zero-order chi connectivity index (χ0) is 24.8. The summed E-state index contributed by atoms with van der Waals surface area (Å²) in [4.78, 5) is 30.7. The van der Waals surface area contributed by atoms with E-state index in [1.165, 1.54) is 6.92 Å². The maximum atomic E-state index is 12.5. The number of aliphatic hydroxyl groups is 1.